The van der Waals surface area contributed by atoms with E-state index in [0.717, 1.165) is 35.3 Å². The maximum atomic E-state index is 5.23. The van der Waals surface area contributed by atoms with Gasteiger partial charge in [0.2, 0.25) is 0 Å². The summed E-state index contributed by atoms with van der Waals surface area (Å²) < 4.78 is 6.26. The molecule has 2 nitrogen and oxygen atoms in total. The minimum Gasteiger partial charge on any atom is -0.495 e. The Labute approximate surface area is 99.2 Å². The minimum atomic E-state index is 0.795. The number of rotatable bonds is 5. The molecule has 0 spiro atoms. The van der Waals surface area contributed by atoms with Gasteiger partial charge in [0.05, 0.1) is 12.8 Å². The largest absolute Gasteiger partial charge is 0.495 e. The van der Waals surface area contributed by atoms with Gasteiger partial charge in [0.15, 0.2) is 0 Å². The van der Waals surface area contributed by atoms with Gasteiger partial charge in [-0.25, -0.2) is 0 Å². The second kappa shape index (κ2) is 6.36. The first-order valence-electron chi connectivity index (χ1n) is 4.79. The number of terminal acetylenes is 1. The van der Waals surface area contributed by atoms with Crippen molar-refractivity contribution < 1.29 is 4.74 Å². The molecule has 0 fully saturated rings. The topological polar surface area (TPSA) is 21.3 Å². The molecule has 0 atom stereocenters. The van der Waals surface area contributed by atoms with Crippen molar-refractivity contribution in [2.24, 2.45) is 0 Å². The van der Waals surface area contributed by atoms with Gasteiger partial charge in [0, 0.05) is 17.4 Å². The van der Waals surface area contributed by atoms with Crippen LogP contribution >= 0.6 is 15.9 Å². The molecule has 0 saturated carbocycles. The SMILES string of the molecule is C#CCCCNc1cc(Br)ccc1OC. The number of hydrogen-bond donors (Lipinski definition) is 1. The lowest BCUT2D eigenvalue weighted by Crippen LogP contribution is -2.02. The summed E-state index contributed by atoms with van der Waals surface area (Å²) in [6.07, 6.45) is 6.94. The fourth-order valence-electron chi connectivity index (χ4n) is 1.23. The van der Waals surface area contributed by atoms with Gasteiger partial charge in [-0.05, 0) is 24.6 Å². The molecule has 0 heterocycles. The number of hydrogen-bond acceptors (Lipinski definition) is 2. The first-order chi connectivity index (χ1) is 7.27. The first-order valence-corrected chi connectivity index (χ1v) is 5.58. The predicted molar refractivity (Wildman–Crippen MR) is 67.3 cm³/mol. The Balaban J connectivity index is 2.58. The van der Waals surface area contributed by atoms with Crippen LogP contribution in [-0.4, -0.2) is 13.7 Å². The van der Waals surface area contributed by atoms with Crippen molar-refractivity contribution in [1.29, 1.82) is 0 Å². The van der Waals surface area contributed by atoms with E-state index in [1.54, 1.807) is 7.11 Å². The molecule has 0 unspecified atom stereocenters. The molecule has 0 aliphatic carbocycles. The molecule has 15 heavy (non-hydrogen) atoms. The zero-order valence-electron chi connectivity index (χ0n) is 8.72. The fraction of sp³-hybridized carbons (Fsp3) is 0.333. The van der Waals surface area contributed by atoms with Crippen LogP contribution in [0.1, 0.15) is 12.8 Å². The summed E-state index contributed by atoms with van der Waals surface area (Å²) in [7, 11) is 1.66. The van der Waals surface area contributed by atoms with E-state index < -0.39 is 0 Å². The van der Waals surface area contributed by atoms with E-state index >= 15 is 0 Å². The van der Waals surface area contributed by atoms with Gasteiger partial charge < -0.3 is 10.1 Å². The molecule has 1 aromatic rings. The van der Waals surface area contributed by atoms with E-state index in [-0.39, 0.29) is 0 Å². The monoisotopic (exact) mass is 267 g/mol. The maximum absolute atomic E-state index is 5.23. The molecule has 1 rings (SSSR count). The summed E-state index contributed by atoms with van der Waals surface area (Å²) in [4.78, 5) is 0. The highest BCUT2D eigenvalue weighted by Gasteiger charge is 2.01. The second-order valence-electron chi connectivity index (χ2n) is 3.08. The highest BCUT2D eigenvalue weighted by Crippen LogP contribution is 2.27. The van der Waals surface area contributed by atoms with Crippen LogP contribution in [0.25, 0.3) is 0 Å². The highest BCUT2D eigenvalue weighted by atomic mass is 79.9. The molecule has 3 heteroatoms. The smallest absolute Gasteiger partial charge is 0.142 e. The standard InChI is InChI=1S/C12H14BrNO/c1-3-4-5-8-14-11-9-10(13)6-7-12(11)15-2/h1,6-7,9,14H,4-5,8H2,2H3. The zero-order chi connectivity index (χ0) is 11.1. The van der Waals surface area contributed by atoms with Gasteiger partial charge in [0.25, 0.3) is 0 Å². The lowest BCUT2D eigenvalue weighted by molar-refractivity contribution is 0.416. The number of nitrogens with one attached hydrogen (secondary N) is 1. The van der Waals surface area contributed by atoms with Gasteiger partial charge in [-0.1, -0.05) is 15.9 Å². The lowest BCUT2D eigenvalue weighted by Gasteiger charge is -2.10. The molecular formula is C12H14BrNO. The predicted octanol–water partition coefficient (Wildman–Crippen LogP) is 3.28. The van der Waals surface area contributed by atoms with Crippen molar-refractivity contribution in [2.45, 2.75) is 12.8 Å². The number of methoxy groups -OCH3 is 1. The quantitative estimate of drug-likeness (QED) is 0.653. The molecule has 0 bridgehead atoms. The Morgan fingerprint density at radius 3 is 3.00 bits per heavy atom. The third-order valence-corrected chi connectivity index (χ3v) is 2.47. The van der Waals surface area contributed by atoms with Crippen LogP contribution in [0.3, 0.4) is 0 Å². The van der Waals surface area contributed by atoms with Gasteiger partial charge in [-0.2, -0.15) is 0 Å². The molecule has 0 saturated heterocycles. The first kappa shape index (κ1) is 11.9. The second-order valence-corrected chi connectivity index (χ2v) is 3.99. The van der Waals surface area contributed by atoms with Crippen LogP contribution in [0, 0.1) is 12.3 Å². The van der Waals surface area contributed by atoms with Gasteiger partial charge in [-0.15, -0.1) is 12.3 Å². The van der Waals surface area contributed by atoms with Crippen LogP contribution in [-0.2, 0) is 0 Å². The zero-order valence-corrected chi connectivity index (χ0v) is 10.3. The number of benzene rings is 1. The number of unbranched alkanes of at least 4 members (excludes halogenated alkanes) is 1. The van der Waals surface area contributed by atoms with E-state index in [2.05, 4.69) is 27.2 Å². The van der Waals surface area contributed by atoms with Crippen molar-refractivity contribution in [3.8, 4) is 18.1 Å². The van der Waals surface area contributed by atoms with Crippen molar-refractivity contribution in [1.82, 2.24) is 0 Å². The Morgan fingerprint density at radius 2 is 2.33 bits per heavy atom. The summed E-state index contributed by atoms with van der Waals surface area (Å²) in [6, 6.07) is 5.87. The number of ether oxygens (including phenoxy) is 1. The average Bonchev–Trinajstić information content (AvgIpc) is 2.25. The highest BCUT2D eigenvalue weighted by molar-refractivity contribution is 9.10. The van der Waals surface area contributed by atoms with E-state index in [4.69, 9.17) is 11.2 Å². The molecule has 0 amide bonds. The van der Waals surface area contributed by atoms with Gasteiger partial charge in [0.1, 0.15) is 5.75 Å². The molecule has 0 radical (unpaired) electrons. The van der Waals surface area contributed by atoms with Crippen LogP contribution < -0.4 is 10.1 Å². The van der Waals surface area contributed by atoms with E-state index in [1.807, 2.05) is 18.2 Å². The Hall–Kier alpha value is -1.14. The molecule has 1 aromatic carbocycles. The van der Waals surface area contributed by atoms with Gasteiger partial charge in [-0.3, -0.25) is 0 Å². The summed E-state index contributed by atoms with van der Waals surface area (Å²) in [5, 5.41) is 3.29. The minimum absolute atomic E-state index is 0.795. The molecule has 0 aliphatic heterocycles. The summed E-state index contributed by atoms with van der Waals surface area (Å²) in [6.45, 7) is 0.858. The Morgan fingerprint density at radius 1 is 1.53 bits per heavy atom. The number of halogens is 1. The van der Waals surface area contributed by atoms with Crippen molar-refractivity contribution >= 4 is 21.6 Å². The molecular weight excluding hydrogens is 254 g/mol. The lowest BCUT2D eigenvalue weighted by atomic mass is 10.2. The van der Waals surface area contributed by atoms with Crippen molar-refractivity contribution in [2.75, 3.05) is 19.0 Å². The Bertz CT molecular complexity index is 357. The normalized spacial score (nSPS) is 9.40. The van der Waals surface area contributed by atoms with Crippen LogP contribution in [0.4, 0.5) is 5.69 Å². The average molecular weight is 268 g/mol. The summed E-state index contributed by atoms with van der Waals surface area (Å²) in [5.74, 6) is 3.46. The van der Waals surface area contributed by atoms with Crippen molar-refractivity contribution in [3.63, 3.8) is 0 Å². The van der Waals surface area contributed by atoms with E-state index in [1.165, 1.54) is 0 Å². The van der Waals surface area contributed by atoms with Crippen LogP contribution in [0.5, 0.6) is 5.75 Å². The molecule has 80 valence electrons. The van der Waals surface area contributed by atoms with Crippen LogP contribution in [0.2, 0.25) is 0 Å². The fourth-order valence-corrected chi connectivity index (χ4v) is 1.59. The van der Waals surface area contributed by atoms with Crippen LogP contribution in [0.15, 0.2) is 22.7 Å². The molecule has 0 aliphatic rings. The maximum Gasteiger partial charge on any atom is 0.142 e. The molecule has 0 aromatic heterocycles. The Kier molecular flexibility index (Phi) is 5.06. The third kappa shape index (κ3) is 3.85. The van der Waals surface area contributed by atoms with E-state index in [0.29, 0.717) is 0 Å². The van der Waals surface area contributed by atoms with Crippen molar-refractivity contribution in [3.05, 3.63) is 22.7 Å². The van der Waals surface area contributed by atoms with E-state index in [9.17, 15) is 0 Å². The third-order valence-electron chi connectivity index (χ3n) is 1.97. The summed E-state index contributed by atoms with van der Waals surface area (Å²) in [5.41, 5.74) is 0.990. The number of anilines is 1. The van der Waals surface area contributed by atoms with Gasteiger partial charge >= 0.3 is 0 Å². The summed E-state index contributed by atoms with van der Waals surface area (Å²) >= 11 is 3.42. The molecule has 1 N–H and O–H groups in total.